The lowest BCUT2D eigenvalue weighted by Gasteiger charge is -2.28. The minimum absolute atomic E-state index is 0.176. The molecular weight excluding hydrogens is 220 g/mol. The topological polar surface area (TPSA) is 104 Å². The lowest BCUT2D eigenvalue weighted by Crippen LogP contribution is -2.51. The van der Waals surface area contributed by atoms with Crippen LogP contribution in [0.25, 0.3) is 0 Å². The average Bonchev–Trinajstić information content (AvgIpc) is 2.58. The van der Waals surface area contributed by atoms with Crippen molar-refractivity contribution in [1.29, 1.82) is 0 Å². The van der Waals surface area contributed by atoms with Crippen LogP contribution in [0.2, 0.25) is 0 Å². The molecule has 96 valence electrons. The highest BCUT2D eigenvalue weighted by Gasteiger charge is 2.28. The number of carbonyl (C=O) groups is 1. The van der Waals surface area contributed by atoms with Crippen molar-refractivity contribution in [2.75, 3.05) is 5.73 Å². The molecule has 0 saturated carbocycles. The molecule has 1 rings (SSSR count). The summed E-state index contributed by atoms with van der Waals surface area (Å²) in [5.74, 6) is -0.385. The largest absolute Gasteiger partial charge is 0.395 e. The average molecular weight is 240 g/mol. The van der Waals surface area contributed by atoms with E-state index >= 15 is 0 Å². The number of H-pyrrole nitrogens is 1. The number of rotatable bonds is 4. The number of aliphatic hydroxyl groups excluding tert-OH is 1. The summed E-state index contributed by atoms with van der Waals surface area (Å²) in [5.41, 5.74) is 6.35. The number of nitrogen functional groups attached to an aromatic ring is 1. The Kier molecular flexibility index (Phi) is 3.77. The van der Waals surface area contributed by atoms with E-state index < -0.39 is 11.6 Å². The van der Waals surface area contributed by atoms with Gasteiger partial charge in [-0.15, -0.1) is 0 Å². The van der Waals surface area contributed by atoms with Crippen molar-refractivity contribution >= 4 is 11.6 Å². The first-order valence-electron chi connectivity index (χ1n) is 5.62. The summed E-state index contributed by atoms with van der Waals surface area (Å²) in [6, 6.07) is 0. The molecule has 0 aliphatic heterocycles. The van der Waals surface area contributed by atoms with Gasteiger partial charge in [-0.3, -0.25) is 9.89 Å². The summed E-state index contributed by atoms with van der Waals surface area (Å²) in [6.45, 7) is 7.01. The van der Waals surface area contributed by atoms with Crippen LogP contribution in [0.15, 0.2) is 0 Å². The Morgan fingerprint density at radius 1 is 1.65 bits per heavy atom. The predicted octanol–water partition coefficient (Wildman–Crippen LogP) is 0.443. The second-order valence-corrected chi connectivity index (χ2v) is 4.67. The number of nitrogens with zero attached hydrogens (tertiary/aromatic N) is 1. The Morgan fingerprint density at radius 3 is 2.65 bits per heavy atom. The first kappa shape index (κ1) is 13.5. The summed E-state index contributed by atoms with van der Waals surface area (Å²) in [7, 11) is 0. The van der Waals surface area contributed by atoms with E-state index in [1.807, 2.05) is 6.92 Å². The van der Waals surface area contributed by atoms with Crippen LogP contribution in [0.5, 0.6) is 0 Å². The second-order valence-electron chi connectivity index (χ2n) is 4.67. The lowest BCUT2D eigenvalue weighted by atomic mass is 9.98. The fraction of sp³-hybridized carbons (Fsp3) is 0.636. The van der Waals surface area contributed by atoms with Gasteiger partial charge in [-0.05, 0) is 27.2 Å². The van der Waals surface area contributed by atoms with Crippen LogP contribution in [-0.2, 0) is 6.42 Å². The van der Waals surface area contributed by atoms with Crippen molar-refractivity contribution in [2.45, 2.75) is 45.8 Å². The maximum atomic E-state index is 11.9. The zero-order valence-electron chi connectivity index (χ0n) is 10.7. The van der Waals surface area contributed by atoms with Gasteiger partial charge in [0.25, 0.3) is 5.91 Å². The quantitative estimate of drug-likeness (QED) is 0.613. The van der Waals surface area contributed by atoms with E-state index in [4.69, 9.17) is 5.73 Å². The van der Waals surface area contributed by atoms with Crippen LogP contribution < -0.4 is 11.1 Å². The summed E-state index contributed by atoms with van der Waals surface area (Å²) < 4.78 is 0. The van der Waals surface area contributed by atoms with Crippen LogP contribution in [0.3, 0.4) is 0 Å². The molecule has 0 aliphatic rings. The van der Waals surface area contributed by atoms with Crippen LogP contribution >= 0.6 is 0 Å². The van der Waals surface area contributed by atoms with Crippen molar-refractivity contribution in [2.24, 2.45) is 0 Å². The molecule has 0 spiro atoms. The van der Waals surface area contributed by atoms with E-state index in [0.29, 0.717) is 12.1 Å². The zero-order chi connectivity index (χ0) is 13.2. The van der Waals surface area contributed by atoms with Crippen molar-refractivity contribution < 1.29 is 9.90 Å². The molecule has 0 fully saturated rings. The highest BCUT2D eigenvalue weighted by atomic mass is 16.3. The number of anilines is 1. The number of aryl methyl sites for hydroxylation is 1. The lowest BCUT2D eigenvalue weighted by molar-refractivity contribution is 0.0706. The Bertz CT molecular complexity index is 410. The minimum atomic E-state index is -0.727. The molecule has 1 atom stereocenters. The van der Waals surface area contributed by atoms with Gasteiger partial charge in [-0.2, -0.15) is 5.10 Å². The number of hydrogen-bond acceptors (Lipinski definition) is 4. The fourth-order valence-electron chi connectivity index (χ4n) is 1.29. The molecule has 1 amide bonds. The fourth-order valence-corrected chi connectivity index (χ4v) is 1.29. The maximum absolute atomic E-state index is 11.9. The smallest absolute Gasteiger partial charge is 0.274 e. The standard InChI is InChI=1S/C11H20N4O2/c1-5-7-8(12)9(15-14-7)10(17)13-11(3,4)6(2)16/h6,16H,5,12H2,1-4H3,(H,13,17)(H,14,15). The normalized spacial score (nSPS) is 13.5. The predicted molar refractivity (Wildman–Crippen MR) is 65.6 cm³/mol. The number of aliphatic hydroxyl groups is 1. The van der Waals surface area contributed by atoms with Crippen LogP contribution in [0.4, 0.5) is 5.69 Å². The zero-order valence-corrected chi connectivity index (χ0v) is 10.7. The van der Waals surface area contributed by atoms with Gasteiger partial charge in [0, 0.05) is 0 Å². The summed E-state index contributed by atoms with van der Waals surface area (Å²) >= 11 is 0. The SMILES string of the molecule is CCc1[nH]nc(C(=O)NC(C)(C)C(C)O)c1N. The molecule has 0 saturated heterocycles. The van der Waals surface area contributed by atoms with Crippen molar-refractivity contribution in [3.63, 3.8) is 0 Å². The minimum Gasteiger partial charge on any atom is -0.395 e. The Balaban J connectivity index is 2.87. The van der Waals surface area contributed by atoms with E-state index in [-0.39, 0.29) is 11.6 Å². The molecule has 6 heteroatoms. The van der Waals surface area contributed by atoms with E-state index in [0.717, 1.165) is 5.69 Å². The number of nitrogens with two attached hydrogens (primary N) is 1. The number of carbonyl (C=O) groups excluding carboxylic acids is 1. The summed E-state index contributed by atoms with van der Waals surface area (Å²) in [5, 5.41) is 18.8. The third kappa shape index (κ3) is 2.76. The van der Waals surface area contributed by atoms with Gasteiger partial charge in [0.15, 0.2) is 5.69 Å². The molecule has 0 aromatic carbocycles. The van der Waals surface area contributed by atoms with Gasteiger partial charge in [-0.1, -0.05) is 6.92 Å². The van der Waals surface area contributed by atoms with E-state index in [1.165, 1.54) is 0 Å². The molecule has 17 heavy (non-hydrogen) atoms. The second kappa shape index (κ2) is 4.75. The summed E-state index contributed by atoms with van der Waals surface area (Å²) in [6.07, 6.45) is 0.0172. The molecular formula is C11H20N4O2. The molecule has 0 bridgehead atoms. The number of nitrogens with one attached hydrogen (secondary N) is 2. The molecule has 0 aliphatic carbocycles. The molecule has 1 aromatic rings. The summed E-state index contributed by atoms with van der Waals surface area (Å²) in [4.78, 5) is 11.9. The molecule has 6 nitrogen and oxygen atoms in total. The van der Waals surface area contributed by atoms with E-state index in [2.05, 4.69) is 15.5 Å². The molecule has 1 aromatic heterocycles. The Morgan fingerprint density at radius 2 is 2.24 bits per heavy atom. The Hall–Kier alpha value is -1.56. The molecule has 0 radical (unpaired) electrons. The van der Waals surface area contributed by atoms with Crippen LogP contribution in [0, 0.1) is 0 Å². The highest BCUT2D eigenvalue weighted by molar-refractivity contribution is 5.98. The highest BCUT2D eigenvalue weighted by Crippen LogP contribution is 2.16. The van der Waals surface area contributed by atoms with Gasteiger partial charge in [-0.25, -0.2) is 0 Å². The third-order valence-electron chi connectivity index (χ3n) is 2.93. The molecule has 1 unspecified atom stereocenters. The number of aromatic amines is 1. The number of hydrogen-bond donors (Lipinski definition) is 4. The van der Waals surface area contributed by atoms with Crippen LogP contribution in [0.1, 0.15) is 43.9 Å². The third-order valence-corrected chi connectivity index (χ3v) is 2.93. The van der Waals surface area contributed by atoms with E-state index in [9.17, 15) is 9.90 Å². The Labute approximate surface area is 101 Å². The molecule has 1 heterocycles. The molecule has 5 N–H and O–H groups in total. The maximum Gasteiger partial charge on any atom is 0.274 e. The van der Waals surface area contributed by atoms with Gasteiger partial charge < -0.3 is 16.2 Å². The first-order chi connectivity index (χ1) is 7.79. The van der Waals surface area contributed by atoms with Gasteiger partial charge in [0.1, 0.15) is 0 Å². The van der Waals surface area contributed by atoms with Gasteiger partial charge in [0.2, 0.25) is 0 Å². The van der Waals surface area contributed by atoms with Crippen molar-refractivity contribution in [1.82, 2.24) is 15.5 Å². The van der Waals surface area contributed by atoms with E-state index in [1.54, 1.807) is 20.8 Å². The monoisotopic (exact) mass is 240 g/mol. The van der Waals surface area contributed by atoms with Crippen molar-refractivity contribution in [3.8, 4) is 0 Å². The van der Waals surface area contributed by atoms with Crippen LogP contribution in [-0.4, -0.2) is 32.9 Å². The van der Waals surface area contributed by atoms with Gasteiger partial charge >= 0.3 is 0 Å². The first-order valence-corrected chi connectivity index (χ1v) is 5.62. The van der Waals surface area contributed by atoms with Gasteiger partial charge in [0.05, 0.1) is 23.0 Å². The number of aromatic nitrogens is 2. The number of amides is 1. The van der Waals surface area contributed by atoms with Crippen molar-refractivity contribution in [3.05, 3.63) is 11.4 Å².